The lowest BCUT2D eigenvalue weighted by Crippen LogP contribution is -2.00. The summed E-state index contributed by atoms with van der Waals surface area (Å²) < 4.78 is 5.05. The molecule has 7 aromatic rings. The summed E-state index contributed by atoms with van der Waals surface area (Å²) in [5.41, 5.74) is 15.6. The van der Waals surface area contributed by atoms with Gasteiger partial charge in [-0.15, -0.1) is 0 Å². The van der Waals surface area contributed by atoms with Crippen LogP contribution in [0.2, 0.25) is 0 Å². The first-order chi connectivity index (χ1) is 20.9. The van der Waals surface area contributed by atoms with Crippen molar-refractivity contribution in [2.24, 2.45) is 0 Å². The summed E-state index contributed by atoms with van der Waals surface area (Å²) in [7, 11) is 0. The van der Waals surface area contributed by atoms with E-state index < -0.39 is 0 Å². The molecule has 0 saturated heterocycles. The van der Waals surface area contributed by atoms with Crippen molar-refractivity contribution in [3.05, 3.63) is 118 Å². The Balaban J connectivity index is 1.62. The van der Waals surface area contributed by atoms with Crippen molar-refractivity contribution in [2.45, 2.75) is 73.6 Å². The second-order valence-corrected chi connectivity index (χ2v) is 12.7. The molecule has 2 heteroatoms. The van der Waals surface area contributed by atoms with Gasteiger partial charge in [0.05, 0.1) is 33.4 Å². The number of hydrogen-bond acceptors (Lipinski definition) is 0. The molecule has 2 nitrogen and oxygen atoms in total. The fourth-order valence-electron chi connectivity index (χ4n) is 7.40. The highest BCUT2D eigenvalue weighted by molar-refractivity contribution is 6.19. The summed E-state index contributed by atoms with van der Waals surface area (Å²) in [4.78, 5) is 0. The van der Waals surface area contributed by atoms with Crippen LogP contribution in [0.1, 0.15) is 66.0 Å². The second kappa shape index (κ2) is 10.8. The Morgan fingerprint density at radius 2 is 0.953 bits per heavy atom. The summed E-state index contributed by atoms with van der Waals surface area (Å²) in [6, 6.07) is 32.4. The first kappa shape index (κ1) is 27.5. The van der Waals surface area contributed by atoms with Crippen molar-refractivity contribution in [3.63, 3.8) is 0 Å². The van der Waals surface area contributed by atoms with Crippen molar-refractivity contribution in [1.82, 2.24) is 9.13 Å². The molecule has 0 amide bonds. The predicted octanol–water partition coefficient (Wildman–Crippen LogP) is 11.5. The van der Waals surface area contributed by atoms with Gasteiger partial charge in [0.1, 0.15) is 0 Å². The van der Waals surface area contributed by atoms with Crippen LogP contribution in [-0.4, -0.2) is 9.13 Å². The maximum absolute atomic E-state index is 2.54. The van der Waals surface area contributed by atoms with Crippen molar-refractivity contribution < 1.29 is 0 Å². The van der Waals surface area contributed by atoms with Crippen molar-refractivity contribution in [2.75, 3.05) is 0 Å². The van der Waals surface area contributed by atoms with Crippen molar-refractivity contribution in [3.8, 4) is 11.4 Å². The summed E-state index contributed by atoms with van der Waals surface area (Å²) in [6.45, 7) is 13.5. The molecule has 2 aromatic heterocycles. The number of fused-ring (bicyclic) bond motifs is 6. The van der Waals surface area contributed by atoms with Crippen molar-refractivity contribution >= 4 is 43.6 Å². The number of rotatable bonds is 7. The maximum atomic E-state index is 2.54. The monoisotopic (exact) mass is 562 g/mol. The van der Waals surface area contributed by atoms with E-state index in [1.807, 2.05) is 0 Å². The second-order valence-electron chi connectivity index (χ2n) is 12.7. The third-order valence-electron chi connectivity index (χ3n) is 9.52. The van der Waals surface area contributed by atoms with Crippen LogP contribution in [0.4, 0.5) is 0 Å². The summed E-state index contributed by atoms with van der Waals surface area (Å²) >= 11 is 0. The number of para-hydroxylation sites is 2. The van der Waals surface area contributed by atoms with E-state index in [9.17, 15) is 0 Å². The Morgan fingerprint density at radius 3 is 1.49 bits per heavy atom. The SMILES string of the molecule is CCCCCCc1ccc2c(c1)c1cc3c(cc1n2-c1c(C)cccc1C)c1cc(C)ccc1n3-c1c(C)cccc1C. The molecule has 0 aliphatic heterocycles. The van der Waals surface area contributed by atoms with Gasteiger partial charge >= 0.3 is 0 Å². The molecule has 0 saturated carbocycles. The third-order valence-corrected chi connectivity index (χ3v) is 9.52. The zero-order valence-corrected chi connectivity index (χ0v) is 26.5. The predicted molar refractivity (Wildman–Crippen MR) is 187 cm³/mol. The smallest absolute Gasteiger partial charge is 0.0549 e. The fourth-order valence-corrected chi connectivity index (χ4v) is 7.40. The van der Waals surface area contributed by atoms with Crippen LogP contribution in [0, 0.1) is 34.6 Å². The first-order valence-corrected chi connectivity index (χ1v) is 16.0. The Hall–Kier alpha value is -4.30. The van der Waals surface area contributed by atoms with E-state index in [1.165, 1.54) is 114 Å². The van der Waals surface area contributed by atoms with Gasteiger partial charge in [-0.2, -0.15) is 0 Å². The van der Waals surface area contributed by atoms with E-state index in [2.05, 4.69) is 136 Å². The number of hydrogen-bond donors (Lipinski definition) is 0. The molecule has 0 bridgehead atoms. The van der Waals surface area contributed by atoms with Crippen LogP contribution in [0.3, 0.4) is 0 Å². The summed E-state index contributed by atoms with van der Waals surface area (Å²) in [6.07, 6.45) is 6.27. The van der Waals surface area contributed by atoms with Gasteiger partial charge in [-0.3, -0.25) is 0 Å². The van der Waals surface area contributed by atoms with E-state index in [-0.39, 0.29) is 0 Å². The number of unbranched alkanes of at least 4 members (excludes halogenated alkanes) is 3. The third kappa shape index (κ3) is 4.47. The number of aromatic nitrogens is 2. The molecule has 7 rings (SSSR count). The van der Waals surface area contributed by atoms with Gasteiger partial charge in [-0.1, -0.05) is 80.3 Å². The Kier molecular flexibility index (Phi) is 6.89. The highest BCUT2D eigenvalue weighted by Gasteiger charge is 2.21. The van der Waals surface area contributed by atoms with Gasteiger partial charge in [0.2, 0.25) is 0 Å². The highest BCUT2D eigenvalue weighted by Crippen LogP contribution is 2.41. The van der Waals surface area contributed by atoms with E-state index in [1.54, 1.807) is 0 Å². The molecule has 0 unspecified atom stereocenters. The molecule has 0 N–H and O–H groups in total. The molecule has 216 valence electrons. The Bertz CT molecular complexity index is 2130. The molecular weight excluding hydrogens is 520 g/mol. The minimum absolute atomic E-state index is 1.14. The minimum Gasteiger partial charge on any atom is -0.309 e. The van der Waals surface area contributed by atoms with Gasteiger partial charge in [-0.25, -0.2) is 0 Å². The van der Waals surface area contributed by atoms with Crippen LogP contribution in [0.5, 0.6) is 0 Å². The average Bonchev–Trinajstić information content (AvgIpc) is 3.46. The largest absolute Gasteiger partial charge is 0.309 e. The van der Waals surface area contributed by atoms with E-state index >= 15 is 0 Å². The molecule has 0 aliphatic carbocycles. The lowest BCUT2D eigenvalue weighted by Gasteiger charge is -2.15. The maximum Gasteiger partial charge on any atom is 0.0549 e. The molecule has 43 heavy (non-hydrogen) atoms. The lowest BCUT2D eigenvalue weighted by molar-refractivity contribution is 0.667. The zero-order chi connectivity index (χ0) is 29.8. The van der Waals surface area contributed by atoms with Crippen LogP contribution >= 0.6 is 0 Å². The zero-order valence-electron chi connectivity index (χ0n) is 26.5. The van der Waals surface area contributed by atoms with Crippen LogP contribution < -0.4 is 0 Å². The summed E-state index contributed by atoms with van der Waals surface area (Å²) in [5, 5.41) is 5.30. The van der Waals surface area contributed by atoms with Gasteiger partial charge in [0.25, 0.3) is 0 Å². The van der Waals surface area contributed by atoms with Gasteiger partial charge in [0, 0.05) is 21.5 Å². The Labute approximate surface area is 255 Å². The highest BCUT2D eigenvalue weighted by atomic mass is 15.0. The fraction of sp³-hybridized carbons (Fsp3) is 0.268. The molecule has 0 atom stereocenters. The average molecular weight is 563 g/mol. The molecule has 5 aromatic carbocycles. The Morgan fingerprint density at radius 1 is 0.465 bits per heavy atom. The van der Waals surface area contributed by atoms with Crippen LogP contribution in [0.25, 0.3) is 55.0 Å². The van der Waals surface area contributed by atoms with E-state index in [0.29, 0.717) is 0 Å². The van der Waals surface area contributed by atoms with Crippen molar-refractivity contribution in [1.29, 1.82) is 0 Å². The number of aryl methyl sites for hydroxylation is 6. The van der Waals surface area contributed by atoms with Gasteiger partial charge in [-0.05, 0) is 112 Å². The molecule has 0 fully saturated rings. The van der Waals surface area contributed by atoms with Gasteiger partial charge < -0.3 is 9.13 Å². The summed E-state index contributed by atoms with van der Waals surface area (Å²) in [5.74, 6) is 0. The van der Waals surface area contributed by atoms with E-state index in [4.69, 9.17) is 0 Å². The molecular formula is C41H42N2. The molecule has 0 spiro atoms. The van der Waals surface area contributed by atoms with Gasteiger partial charge in [0.15, 0.2) is 0 Å². The number of nitrogens with zero attached hydrogens (tertiary/aromatic N) is 2. The topological polar surface area (TPSA) is 9.86 Å². The van der Waals surface area contributed by atoms with Crippen LogP contribution in [0.15, 0.2) is 84.9 Å². The lowest BCUT2D eigenvalue weighted by atomic mass is 10.0. The van der Waals surface area contributed by atoms with Crippen LogP contribution in [-0.2, 0) is 6.42 Å². The first-order valence-electron chi connectivity index (χ1n) is 16.0. The standard InChI is InChI=1S/C41H42N2/c1-7-8-9-10-17-31-19-21-37-33(23-31)35-25-38-34(24-39(35)43(37)41-29(5)15-12-16-30(41)6)32-22-26(2)18-20-36(32)42(38)40-27(3)13-11-14-28(40)4/h11-16,18-25H,7-10,17H2,1-6H3. The molecule has 0 radical (unpaired) electrons. The normalized spacial score (nSPS) is 12.0. The molecule has 0 aliphatic rings. The number of benzene rings is 5. The molecule has 2 heterocycles. The van der Waals surface area contributed by atoms with E-state index in [0.717, 1.165) is 6.42 Å². The minimum atomic E-state index is 1.14. The quantitative estimate of drug-likeness (QED) is 0.171.